The molecule has 12 nitrogen and oxygen atoms in total. The highest BCUT2D eigenvalue weighted by atomic mass is 35.5. The molecule has 2 N–H and O–H groups in total. The zero-order chi connectivity index (χ0) is 37.1. The van der Waals surface area contributed by atoms with E-state index in [1.54, 1.807) is 40.0 Å². The number of aromatic nitrogens is 5. The van der Waals surface area contributed by atoms with Gasteiger partial charge < -0.3 is 19.9 Å². The van der Waals surface area contributed by atoms with E-state index < -0.39 is 45.3 Å². The number of hydrogen-bond acceptors (Lipinski definition) is 8. The van der Waals surface area contributed by atoms with Gasteiger partial charge in [0.25, 0.3) is 11.5 Å². The minimum absolute atomic E-state index is 0.0237. The van der Waals surface area contributed by atoms with E-state index in [0.717, 1.165) is 22.7 Å². The number of halogens is 4. The van der Waals surface area contributed by atoms with Crippen LogP contribution in [-0.4, -0.2) is 69.5 Å². The molecule has 270 valence electrons. The summed E-state index contributed by atoms with van der Waals surface area (Å²) in [5.74, 6) is -1.25. The molecule has 0 radical (unpaired) electrons. The maximum atomic E-state index is 14.5. The zero-order valence-electron chi connectivity index (χ0n) is 27.8. The molecule has 5 aromatic rings. The molecule has 7 rings (SSSR count). The van der Waals surface area contributed by atoms with Crippen molar-refractivity contribution in [2.24, 2.45) is 0 Å². The lowest BCUT2D eigenvalue weighted by molar-refractivity contribution is -0.137. The number of alkyl halides is 3. The predicted octanol–water partition coefficient (Wildman–Crippen LogP) is 5.39. The summed E-state index contributed by atoms with van der Waals surface area (Å²) in [6, 6.07) is 12.2. The van der Waals surface area contributed by atoms with E-state index >= 15 is 0 Å². The minimum Gasteiger partial charge on any atom is -0.505 e. The summed E-state index contributed by atoms with van der Waals surface area (Å²) in [4.78, 5) is 52.3. The van der Waals surface area contributed by atoms with Crippen molar-refractivity contribution in [2.45, 2.75) is 55.1 Å². The van der Waals surface area contributed by atoms with Gasteiger partial charge in [0.05, 0.1) is 16.3 Å². The summed E-state index contributed by atoms with van der Waals surface area (Å²) in [6.07, 6.45) is -0.285. The van der Waals surface area contributed by atoms with Crippen molar-refractivity contribution < 1.29 is 32.1 Å². The second kappa shape index (κ2) is 13.2. The highest BCUT2D eigenvalue weighted by Crippen LogP contribution is 2.50. The van der Waals surface area contributed by atoms with Crippen molar-refractivity contribution in [1.29, 1.82) is 0 Å². The third-order valence-electron chi connectivity index (χ3n) is 9.79. The number of benzene rings is 2. The number of hydrogen-bond donors (Lipinski definition) is 2. The van der Waals surface area contributed by atoms with Crippen LogP contribution in [0.25, 0.3) is 17.2 Å². The van der Waals surface area contributed by atoms with E-state index in [1.165, 1.54) is 18.3 Å². The summed E-state index contributed by atoms with van der Waals surface area (Å²) in [5.41, 5.74) is -0.580. The number of amides is 2. The Morgan fingerprint density at radius 3 is 2.46 bits per heavy atom. The molecule has 1 spiro atoms. The average Bonchev–Trinajstić information content (AvgIpc) is 3.67. The highest BCUT2D eigenvalue weighted by Gasteiger charge is 2.49. The first-order chi connectivity index (χ1) is 24.7. The lowest BCUT2D eigenvalue weighted by Gasteiger charge is -2.39. The Morgan fingerprint density at radius 2 is 1.83 bits per heavy atom. The Bertz CT molecular complexity index is 2340. The molecule has 1 saturated heterocycles. The van der Waals surface area contributed by atoms with Crippen LogP contribution in [0.4, 0.5) is 18.9 Å². The Kier molecular flexibility index (Phi) is 8.93. The molecule has 17 heteroatoms. The summed E-state index contributed by atoms with van der Waals surface area (Å²) in [7, 11) is -1.23. The van der Waals surface area contributed by atoms with Crippen molar-refractivity contribution >= 4 is 45.7 Å². The number of fused-ring (bicyclic) bond motifs is 3. The molecule has 2 amide bonds. The number of likely N-dealkylation sites (tertiary alicyclic amines) is 1. The van der Waals surface area contributed by atoms with Crippen molar-refractivity contribution in [2.75, 3.05) is 24.7 Å². The standard InChI is InChI=1S/C35H31ClF3N7O5S/c1-19-17-34(11-14-44(15-12-34)32(50)28-25(47)4-3-13-40-28)27-29(19)45(18-26(48)41-24-10-7-21(16-23(24)36)35(37,38)39)33-42-30(43-46(33)31(27)49)20-5-8-22(9-6-20)52(2)51/h3-10,13,16,19,47H,11-12,14-15,17-18H2,1-2H3,(H,41,48)/t19-,52?/m0/s1. The molecule has 0 bridgehead atoms. The minimum atomic E-state index is -4.62. The van der Waals surface area contributed by atoms with Crippen molar-refractivity contribution in [3.8, 4) is 17.1 Å². The fourth-order valence-electron chi connectivity index (χ4n) is 7.37. The molecule has 1 unspecified atom stereocenters. The monoisotopic (exact) mass is 753 g/mol. The van der Waals surface area contributed by atoms with Crippen LogP contribution in [0.2, 0.25) is 5.02 Å². The number of rotatable bonds is 6. The average molecular weight is 754 g/mol. The Balaban J connectivity index is 1.29. The predicted molar refractivity (Wildman–Crippen MR) is 186 cm³/mol. The number of aromatic hydroxyl groups is 1. The van der Waals surface area contributed by atoms with E-state index in [1.807, 2.05) is 6.92 Å². The van der Waals surface area contributed by atoms with E-state index in [0.29, 0.717) is 41.0 Å². The van der Waals surface area contributed by atoms with Gasteiger partial charge in [0, 0.05) is 63.5 Å². The van der Waals surface area contributed by atoms with Crippen LogP contribution in [0, 0.1) is 0 Å². The van der Waals surface area contributed by atoms with Crippen molar-refractivity contribution in [3.63, 3.8) is 0 Å². The molecular weight excluding hydrogens is 723 g/mol. The van der Waals surface area contributed by atoms with Gasteiger partial charge in [0.2, 0.25) is 11.7 Å². The van der Waals surface area contributed by atoms with Gasteiger partial charge in [-0.1, -0.05) is 18.5 Å². The first kappa shape index (κ1) is 35.3. The van der Waals surface area contributed by atoms with Gasteiger partial charge in [-0.05, 0) is 79.8 Å². The first-order valence-electron chi connectivity index (χ1n) is 16.2. The van der Waals surface area contributed by atoms with Gasteiger partial charge in [-0.25, -0.2) is 4.98 Å². The van der Waals surface area contributed by atoms with Gasteiger partial charge in [0.1, 0.15) is 12.3 Å². The van der Waals surface area contributed by atoms with Crippen molar-refractivity contribution in [1.82, 2.24) is 29.0 Å². The Labute approximate surface area is 301 Å². The Hall–Kier alpha value is -5.09. The van der Waals surface area contributed by atoms with Crippen LogP contribution in [0.5, 0.6) is 5.75 Å². The first-order valence-corrected chi connectivity index (χ1v) is 18.2. The van der Waals surface area contributed by atoms with Crippen LogP contribution >= 0.6 is 11.6 Å². The van der Waals surface area contributed by atoms with Gasteiger partial charge in [-0.3, -0.25) is 18.6 Å². The fraction of sp³-hybridized carbons (Fsp3) is 0.314. The van der Waals surface area contributed by atoms with E-state index in [4.69, 9.17) is 11.6 Å². The number of nitrogens with one attached hydrogen (secondary N) is 1. The van der Waals surface area contributed by atoms with Crippen LogP contribution in [-0.2, 0) is 33.7 Å². The summed E-state index contributed by atoms with van der Waals surface area (Å²) in [5, 5.41) is 17.1. The molecule has 2 aromatic carbocycles. The number of carbonyl (C=O) groups is 2. The summed E-state index contributed by atoms with van der Waals surface area (Å²) >= 11 is 6.14. The molecule has 0 saturated carbocycles. The molecule has 2 atom stereocenters. The van der Waals surface area contributed by atoms with E-state index in [9.17, 15) is 36.9 Å². The zero-order valence-corrected chi connectivity index (χ0v) is 29.3. The SMILES string of the molecule is C[C@H]1CC2(CCN(C(=O)c3ncccc3O)CC2)c2c1n(CC(=O)Nc1ccc(C(F)(F)F)cc1Cl)c1nc(-c3ccc(S(C)=O)cc3)nn1c2=O. The van der Waals surface area contributed by atoms with Crippen molar-refractivity contribution in [3.05, 3.63) is 98.7 Å². The number of nitrogens with zero attached hydrogens (tertiary/aromatic N) is 6. The van der Waals surface area contributed by atoms with Crippen LogP contribution < -0.4 is 10.9 Å². The van der Waals surface area contributed by atoms with Gasteiger partial charge in [0.15, 0.2) is 11.5 Å². The lowest BCUT2D eigenvalue weighted by Crippen LogP contribution is -2.46. The van der Waals surface area contributed by atoms with Crippen LogP contribution in [0.15, 0.2) is 70.5 Å². The summed E-state index contributed by atoms with van der Waals surface area (Å²) < 4.78 is 54.5. The molecule has 4 heterocycles. The normalized spacial score (nSPS) is 17.3. The molecule has 52 heavy (non-hydrogen) atoms. The molecule has 1 fully saturated rings. The second-order valence-corrected chi connectivity index (χ2v) is 14.9. The maximum Gasteiger partial charge on any atom is 0.416 e. The molecule has 2 aliphatic rings. The molecule has 3 aromatic heterocycles. The lowest BCUT2D eigenvalue weighted by atomic mass is 9.73. The number of piperidine rings is 1. The maximum absolute atomic E-state index is 14.5. The third kappa shape index (κ3) is 6.23. The van der Waals surface area contributed by atoms with E-state index in [2.05, 4.69) is 20.4 Å². The van der Waals surface area contributed by atoms with Gasteiger partial charge >= 0.3 is 6.18 Å². The van der Waals surface area contributed by atoms with Crippen LogP contribution in [0.1, 0.15) is 59.4 Å². The second-order valence-electron chi connectivity index (χ2n) is 13.1. The smallest absolute Gasteiger partial charge is 0.416 e. The number of anilines is 1. The van der Waals surface area contributed by atoms with Crippen LogP contribution in [0.3, 0.4) is 0 Å². The molecule has 1 aliphatic heterocycles. The fourth-order valence-corrected chi connectivity index (χ4v) is 8.12. The highest BCUT2D eigenvalue weighted by molar-refractivity contribution is 7.84. The number of pyridine rings is 1. The van der Waals surface area contributed by atoms with E-state index in [-0.39, 0.29) is 59.3 Å². The third-order valence-corrected chi connectivity index (χ3v) is 11.0. The molecular formula is C35H31ClF3N7O5S. The van der Waals surface area contributed by atoms with Gasteiger partial charge in [-0.2, -0.15) is 22.7 Å². The Morgan fingerprint density at radius 1 is 1.12 bits per heavy atom. The van der Waals surface area contributed by atoms with Gasteiger partial charge in [-0.15, -0.1) is 5.10 Å². The number of carbonyl (C=O) groups excluding carboxylic acids is 2. The molecule has 1 aliphatic carbocycles. The largest absolute Gasteiger partial charge is 0.505 e. The summed E-state index contributed by atoms with van der Waals surface area (Å²) in [6.45, 7) is 2.12. The quantitative estimate of drug-likeness (QED) is 0.234. The topological polar surface area (TPSA) is 152 Å².